The molecule has 200 valence electrons. The highest BCUT2D eigenvalue weighted by Crippen LogP contribution is 2.25. The largest absolute Gasteiger partial charge is 0.352 e. The van der Waals surface area contributed by atoms with Crippen LogP contribution in [-0.4, -0.2) is 28.8 Å². The summed E-state index contributed by atoms with van der Waals surface area (Å²) < 4.78 is 0. The fourth-order valence-corrected chi connectivity index (χ4v) is 5.44. The average Bonchev–Trinajstić information content (AvgIpc) is 2.91. The molecule has 0 heterocycles. The first kappa shape index (κ1) is 28.2. The maximum atomic E-state index is 14.0. The maximum Gasteiger partial charge on any atom is 0.243 e. The van der Waals surface area contributed by atoms with Crippen LogP contribution in [0.1, 0.15) is 59.9 Å². The smallest absolute Gasteiger partial charge is 0.243 e. The minimum absolute atomic E-state index is 0.0981. The van der Waals surface area contributed by atoms with Crippen LogP contribution >= 0.6 is 23.2 Å². The Morgan fingerprint density at radius 2 is 1.55 bits per heavy atom. The van der Waals surface area contributed by atoms with Crippen molar-refractivity contribution in [3.63, 3.8) is 0 Å². The molecule has 1 fully saturated rings. The number of halogens is 2. The van der Waals surface area contributed by atoms with Gasteiger partial charge >= 0.3 is 0 Å². The van der Waals surface area contributed by atoms with Gasteiger partial charge in [0.1, 0.15) is 6.04 Å². The third kappa shape index (κ3) is 7.61. The highest BCUT2D eigenvalue weighted by atomic mass is 35.5. The van der Waals surface area contributed by atoms with E-state index >= 15 is 0 Å². The lowest BCUT2D eigenvalue weighted by molar-refractivity contribution is -0.141. The summed E-state index contributed by atoms with van der Waals surface area (Å²) in [5.41, 5.74) is 5.10. The van der Waals surface area contributed by atoms with E-state index in [4.69, 9.17) is 23.2 Å². The molecule has 38 heavy (non-hydrogen) atoms. The number of hydrogen-bond acceptors (Lipinski definition) is 2. The molecule has 4 rings (SSSR count). The molecule has 1 aliphatic carbocycles. The van der Waals surface area contributed by atoms with E-state index in [1.807, 2.05) is 55.5 Å². The second-order valence-electron chi connectivity index (χ2n) is 10.4. The molecule has 0 aromatic heterocycles. The Bertz CT molecular complexity index is 1260. The average molecular weight is 552 g/mol. The Morgan fingerprint density at radius 1 is 0.842 bits per heavy atom. The van der Waals surface area contributed by atoms with Crippen molar-refractivity contribution in [2.45, 2.75) is 77.4 Å². The van der Waals surface area contributed by atoms with Crippen molar-refractivity contribution in [2.75, 3.05) is 0 Å². The molecule has 4 nitrogen and oxygen atoms in total. The van der Waals surface area contributed by atoms with Gasteiger partial charge in [-0.3, -0.25) is 9.59 Å². The van der Waals surface area contributed by atoms with Crippen molar-refractivity contribution < 1.29 is 9.59 Å². The maximum absolute atomic E-state index is 14.0. The molecule has 6 heteroatoms. The zero-order chi connectivity index (χ0) is 27.1. The van der Waals surface area contributed by atoms with Gasteiger partial charge in [0.25, 0.3) is 0 Å². The fraction of sp³-hybridized carbons (Fsp3) is 0.375. The van der Waals surface area contributed by atoms with Crippen LogP contribution in [0.15, 0.2) is 66.7 Å². The number of rotatable bonds is 9. The van der Waals surface area contributed by atoms with Crippen molar-refractivity contribution in [2.24, 2.45) is 0 Å². The first-order valence-corrected chi connectivity index (χ1v) is 14.2. The first-order valence-electron chi connectivity index (χ1n) is 13.4. The Balaban J connectivity index is 1.67. The van der Waals surface area contributed by atoms with Gasteiger partial charge in [0.05, 0.1) is 16.5 Å². The molecule has 1 atom stereocenters. The van der Waals surface area contributed by atoms with Gasteiger partial charge < -0.3 is 10.2 Å². The molecule has 0 spiro atoms. The quantitative estimate of drug-likeness (QED) is 0.305. The van der Waals surface area contributed by atoms with E-state index < -0.39 is 6.04 Å². The second-order valence-corrected chi connectivity index (χ2v) is 11.2. The molecule has 1 aliphatic rings. The SMILES string of the molecule is Cc1ccc(CC(=O)N(Cc2ccc(Cl)c(Cl)c2)[C@H](Cc2ccccc2)C(=O)NC2CCCCC2)cc1C. The van der Waals surface area contributed by atoms with Gasteiger partial charge in [-0.2, -0.15) is 0 Å². The predicted molar refractivity (Wildman–Crippen MR) is 156 cm³/mol. The van der Waals surface area contributed by atoms with Gasteiger partial charge in [0.2, 0.25) is 11.8 Å². The first-order chi connectivity index (χ1) is 18.3. The van der Waals surface area contributed by atoms with E-state index in [9.17, 15) is 9.59 Å². The summed E-state index contributed by atoms with van der Waals surface area (Å²) in [5.74, 6) is -0.201. The van der Waals surface area contributed by atoms with Crippen LogP contribution in [0.4, 0.5) is 0 Å². The molecule has 1 N–H and O–H groups in total. The summed E-state index contributed by atoms with van der Waals surface area (Å²) in [6.45, 7) is 4.37. The number of nitrogens with zero attached hydrogens (tertiary/aromatic N) is 1. The van der Waals surface area contributed by atoms with Crippen LogP contribution in [0.5, 0.6) is 0 Å². The fourth-order valence-electron chi connectivity index (χ4n) is 5.12. The number of aryl methyl sites for hydroxylation is 2. The lowest BCUT2D eigenvalue weighted by Crippen LogP contribution is -2.53. The predicted octanol–water partition coefficient (Wildman–Crippen LogP) is 7.24. The van der Waals surface area contributed by atoms with Crippen molar-refractivity contribution in [3.8, 4) is 0 Å². The van der Waals surface area contributed by atoms with Gasteiger partial charge in [0.15, 0.2) is 0 Å². The van der Waals surface area contributed by atoms with E-state index in [-0.39, 0.29) is 30.8 Å². The summed E-state index contributed by atoms with van der Waals surface area (Å²) in [5, 5.41) is 4.17. The number of hydrogen-bond donors (Lipinski definition) is 1. The Labute approximate surface area is 236 Å². The molecule has 0 bridgehead atoms. The zero-order valence-electron chi connectivity index (χ0n) is 22.2. The van der Waals surface area contributed by atoms with Crippen LogP contribution in [-0.2, 0) is 29.0 Å². The number of carbonyl (C=O) groups excluding carboxylic acids is 2. The minimum atomic E-state index is -0.659. The third-order valence-corrected chi connectivity index (χ3v) is 8.23. The Kier molecular flexibility index (Phi) is 9.87. The second kappa shape index (κ2) is 13.3. The van der Waals surface area contributed by atoms with Gasteiger partial charge in [0, 0.05) is 19.0 Å². The lowest BCUT2D eigenvalue weighted by atomic mass is 9.94. The highest BCUT2D eigenvalue weighted by Gasteiger charge is 2.32. The molecular weight excluding hydrogens is 515 g/mol. The van der Waals surface area contributed by atoms with Gasteiger partial charge in [-0.1, -0.05) is 97.1 Å². The third-order valence-electron chi connectivity index (χ3n) is 7.49. The highest BCUT2D eigenvalue weighted by molar-refractivity contribution is 6.42. The summed E-state index contributed by atoms with van der Waals surface area (Å²) in [7, 11) is 0. The molecule has 1 saturated carbocycles. The van der Waals surface area contributed by atoms with Crippen LogP contribution in [0.3, 0.4) is 0 Å². The summed E-state index contributed by atoms with van der Waals surface area (Å²) in [6, 6.07) is 20.8. The van der Waals surface area contributed by atoms with Crippen LogP contribution in [0.25, 0.3) is 0 Å². The molecule has 3 aromatic carbocycles. The van der Waals surface area contributed by atoms with E-state index in [0.717, 1.165) is 47.9 Å². The molecule has 2 amide bonds. The zero-order valence-corrected chi connectivity index (χ0v) is 23.7. The Hall–Kier alpha value is -2.82. The summed E-state index contributed by atoms with van der Waals surface area (Å²) in [4.78, 5) is 29.6. The molecule has 0 radical (unpaired) electrons. The number of amides is 2. The van der Waals surface area contributed by atoms with Crippen molar-refractivity contribution in [3.05, 3.63) is 105 Å². The number of carbonyl (C=O) groups is 2. The van der Waals surface area contributed by atoms with E-state index in [1.54, 1.807) is 17.0 Å². The van der Waals surface area contributed by atoms with Crippen LogP contribution < -0.4 is 5.32 Å². The number of benzene rings is 3. The number of nitrogens with one attached hydrogen (secondary N) is 1. The van der Waals surface area contributed by atoms with Crippen molar-refractivity contribution in [1.82, 2.24) is 10.2 Å². The summed E-state index contributed by atoms with van der Waals surface area (Å²) in [6.07, 6.45) is 6.04. The normalized spacial score (nSPS) is 14.6. The molecule has 0 unspecified atom stereocenters. The topological polar surface area (TPSA) is 49.4 Å². The molecule has 0 saturated heterocycles. The Morgan fingerprint density at radius 3 is 2.24 bits per heavy atom. The van der Waals surface area contributed by atoms with Crippen LogP contribution in [0.2, 0.25) is 10.0 Å². The minimum Gasteiger partial charge on any atom is -0.352 e. The van der Waals surface area contributed by atoms with E-state index in [2.05, 4.69) is 18.3 Å². The molecular formula is C32H36Cl2N2O2. The molecule has 3 aromatic rings. The van der Waals surface area contributed by atoms with Crippen molar-refractivity contribution >= 4 is 35.0 Å². The monoisotopic (exact) mass is 550 g/mol. The van der Waals surface area contributed by atoms with Gasteiger partial charge in [-0.25, -0.2) is 0 Å². The van der Waals surface area contributed by atoms with Crippen LogP contribution in [0, 0.1) is 13.8 Å². The molecule has 0 aliphatic heterocycles. The van der Waals surface area contributed by atoms with Gasteiger partial charge in [-0.15, -0.1) is 0 Å². The lowest BCUT2D eigenvalue weighted by Gasteiger charge is -2.33. The summed E-state index contributed by atoms with van der Waals surface area (Å²) >= 11 is 12.5. The standard InChI is InChI=1S/C32H36Cl2N2O2/c1-22-13-14-25(17-23(22)2)20-31(37)36(21-26-15-16-28(33)29(34)18-26)30(19-24-9-5-3-6-10-24)32(38)35-27-11-7-4-8-12-27/h3,5-6,9-10,13-18,27,30H,4,7-8,11-12,19-21H2,1-2H3,(H,35,38)/t30-/m1/s1. The van der Waals surface area contributed by atoms with Crippen molar-refractivity contribution in [1.29, 1.82) is 0 Å². The van der Waals surface area contributed by atoms with Gasteiger partial charge in [-0.05, 0) is 66.6 Å². The van der Waals surface area contributed by atoms with E-state index in [0.29, 0.717) is 16.5 Å². The van der Waals surface area contributed by atoms with E-state index in [1.165, 1.54) is 12.0 Å².